The molecular weight excluding hydrogens is 316 g/mol. The first kappa shape index (κ1) is 16.1. The van der Waals surface area contributed by atoms with Crippen LogP contribution in [0.25, 0.3) is 0 Å². The molecule has 0 aliphatic heterocycles. The number of rotatable bonds is 4. The minimum Gasteiger partial charge on any atom is -0.362 e. The zero-order chi connectivity index (χ0) is 16.6. The van der Waals surface area contributed by atoms with Crippen LogP contribution < -0.4 is 10.6 Å². The van der Waals surface area contributed by atoms with Crippen LogP contribution in [-0.2, 0) is 11.2 Å². The van der Waals surface area contributed by atoms with E-state index in [0.717, 1.165) is 50.0 Å². The average Bonchev–Trinajstić information content (AvgIpc) is 2.54. The van der Waals surface area contributed by atoms with Crippen molar-refractivity contribution in [1.29, 1.82) is 0 Å². The molecule has 0 spiro atoms. The Morgan fingerprint density at radius 3 is 2.21 bits per heavy atom. The third-order valence-electron chi connectivity index (χ3n) is 6.29. The highest BCUT2D eigenvalue weighted by Crippen LogP contribution is 2.60. The second-order valence-corrected chi connectivity index (χ2v) is 8.55. The molecule has 4 fully saturated rings. The summed E-state index contributed by atoms with van der Waals surface area (Å²) in [6.07, 6.45) is 8.21. The van der Waals surface area contributed by atoms with Crippen LogP contribution in [0.5, 0.6) is 0 Å². The van der Waals surface area contributed by atoms with Crippen molar-refractivity contribution in [2.45, 2.75) is 44.9 Å². The Kier molecular flexibility index (Phi) is 4.33. The molecule has 4 saturated carbocycles. The predicted octanol–water partition coefficient (Wildman–Crippen LogP) is 3.44. The summed E-state index contributed by atoms with van der Waals surface area (Å²) in [5, 5.41) is 6.69. The van der Waals surface area contributed by atoms with Crippen molar-refractivity contribution >= 4 is 23.2 Å². The first-order valence-electron chi connectivity index (χ1n) is 9.26. The molecule has 0 heterocycles. The van der Waals surface area contributed by atoms with Crippen molar-refractivity contribution in [3.8, 4) is 0 Å². The fourth-order valence-electron chi connectivity index (χ4n) is 5.63. The zero-order valence-electron chi connectivity index (χ0n) is 14.1. The van der Waals surface area contributed by atoms with E-state index in [9.17, 15) is 4.79 Å². The van der Waals surface area contributed by atoms with E-state index in [2.05, 4.69) is 22.8 Å². The maximum Gasteiger partial charge on any atom is 0.232 e. The van der Waals surface area contributed by atoms with Crippen molar-refractivity contribution in [3.05, 3.63) is 35.9 Å². The molecule has 4 aliphatic rings. The molecule has 2 N–H and O–H groups in total. The summed E-state index contributed by atoms with van der Waals surface area (Å²) in [7, 11) is 0. The lowest BCUT2D eigenvalue weighted by atomic mass is 9.49. The summed E-state index contributed by atoms with van der Waals surface area (Å²) in [5.41, 5.74) is 1.15. The lowest BCUT2D eigenvalue weighted by molar-refractivity contribution is -0.144. The summed E-state index contributed by atoms with van der Waals surface area (Å²) in [5.74, 6) is 2.52. The number of amides is 1. The first-order valence-corrected chi connectivity index (χ1v) is 9.67. The van der Waals surface area contributed by atoms with Crippen LogP contribution in [0, 0.1) is 23.2 Å². The van der Waals surface area contributed by atoms with Gasteiger partial charge in [0.15, 0.2) is 5.11 Å². The van der Waals surface area contributed by atoms with Gasteiger partial charge in [0, 0.05) is 6.54 Å². The van der Waals surface area contributed by atoms with Gasteiger partial charge in [0.25, 0.3) is 0 Å². The average molecular weight is 343 g/mol. The number of hydrogen-bond donors (Lipinski definition) is 2. The standard InChI is InChI=1S/C20H26N2OS/c23-18(20-11-15-8-16(12-20)10-17(9-15)13-20)22-19(24)21-7-6-14-4-2-1-3-5-14/h1-5,15-17H,6-13H2,(H2,21,22,23,24). The highest BCUT2D eigenvalue weighted by molar-refractivity contribution is 7.80. The lowest BCUT2D eigenvalue weighted by Gasteiger charge is -2.55. The van der Waals surface area contributed by atoms with Gasteiger partial charge in [0.1, 0.15) is 0 Å². The summed E-state index contributed by atoms with van der Waals surface area (Å²) < 4.78 is 0. The van der Waals surface area contributed by atoms with E-state index in [-0.39, 0.29) is 11.3 Å². The minimum atomic E-state index is -0.125. The van der Waals surface area contributed by atoms with E-state index >= 15 is 0 Å². The number of carbonyl (C=O) groups excluding carboxylic acids is 1. The minimum absolute atomic E-state index is 0.125. The van der Waals surface area contributed by atoms with Gasteiger partial charge in [0.2, 0.25) is 5.91 Å². The van der Waals surface area contributed by atoms with Crippen LogP contribution in [-0.4, -0.2) is 17.6 Å². The SMILES string of the molecule is O=C(NC(=S)NCCc1ccccc1)C12CC3CC(CC(C3)C1)C2. The Labute approximate surface area is 149 Å². The Hall–Kier alpha value is -1.42. The van der Waals surface area contributed by atoms with Gasteiger partial charge in [-0.25, -0.2) is 0 Å². The molecule has 1 aromatic rings. The number of carbonyl (C=O) groups is 1. The number of nitrogens with one attached hydrogen (secondary N) is 2. The maximum absolute atomic E-state index is 12.9. The smallest absolute Gasteiger partial charge is 0.232 e. The summed E-state index contributed by atoms with van der Waals surface area (Å²) in [6.45, 7) is 0.754. The van der Waals surface area contributed by atoms with Gasteiger partial charge in [-0.1, -0.05) is 30.3 Å². The van der Waals surface area contributed by atoms with Gasteiger partial charge < -0.3 is 10.6 Å². The van der Waals surface area contributed by atoms with E-state index in [4.69, 9.17) is 12.2 Å². The maximum atomic E-state index is 12.9. The molecule has 4 aliphatic carbocycles. The van der Waals surface area contributed by atoms with E-state index in [0.29, 0.717) is 5.11 Å². The molecule has 4 bridgehead atoms. The molecule has 0 unspecified atom stereocenters. The monoisotopic (exact) mass is 342 g/mol. The van der Waals surface area contributed by atoms with Crippen LogP contribution in [0.15, 0.2) is 30.3 Å². The fourth-order valence-corrected chi connectivity index (χ4v) is 5.83. The van der Waals surface area contributed by atoms with Crippen LogP contribution in [0.2, 0.25) is 0 Å². The second kappa shape index (κ2) is 6.47. The molecule has 1 aromatic carbocycles. The van der Waals surface area contributed by atoms with Crippen molar-refractivity contribution in [3.63, 3.8) is 0 Å². The fraction of sp³-hybridized carbons (Fsp3) is 0.600. The van der Waals surface area contributed by atoms with E-state index < -0.39 is 0 Å². The third-order valence-corrected chi connectivity index (χ3v) is 6.54. The normalized spacial score (nSPS) is 33.2. The Bertz CT molecular complexity index is 593. The van der Waals surface area contributed by atoms with Crippen molar-refractivity contribution in [2.75, 3.05) is 6.54 Å². The molecular formula is C20H26N2OS. The molecule has 128 valence electrons. The Morgan fingerprint density at radius 1 is 1.04 bits per heavy atom. The molecule has 5 rings (SSSR count). The van der Waals surface area contributed by atoms with Gasteiger partial charge >= 0.3 is 0 Å². The largest absolute Gasteiger partial charge is 0.362 e. The van der Waals surface area contributed by atoms with Crippen LogP contribution in [0.3, 0.4) is 0 Å². The number of hydrogen-bond acceptors (Lipinski definition) is 2. The highest BCUT2D eigenvalue weighted by atomic mass is 32.1. The van der Waals surface area contributed by atoms with E-state index in [1.807, 2.05) is 18.2 Å². The highest BCUT2D eigenvalue weighted by Gasteiger charge is 2.54. The zero-order valence-corrected chi connectivity index (χ0v) is 14.9. The number of benzene rings is 1. The summed E-state index contributed by atoms with van der Waals surface area (Å²) in [6, 6.07) is 10.3. The summed E-state index contributed by atoms with van der Waals surface area (Å²) >= 11 is 5.36. The molecule has 0 aromatic heterocycles. The quantitative estimate of drug-likeness (QED) is 0.824. The Morgan fingerprint density at radius 2 is 1.62 bits per heavy atom. The van der Waals surface area contributed by atoms with Crippen LogP contribution in [0.4, 0.5) is 0 Å². The molecule has 0 radical (unpaired) electrons. The molecule has 3 nitrogen and oxygen atoms in total. The topological polar surface area (TPSA) is 41.1 Å². The van der Waals surface area contributed by atoms with Gasteiger partial charge in [-0.05, 0) is 80.5 Å². The third kappa shape index (κ3) is 3.21. The lowest BCUT2D eigenvalue weighted by Crippen LogP contribution is -2.55. The number of thiocarbonyl (C=S) groups is 1. The van der Waals surface area contributed by atoms with E-state index in [1.165, 1.54) is 24.8 Å². The van der Waals surface area contributed by atoms with Crippen molar-refractivity contribution in [2.24, 2.45) is 23.2 Å². The van der Waals surface area contributed by atoms with Gasteiger partial charge in [-0.2, -0.15) is 0 Å². The second-order valence-electron chi connectivity index (χ2n) is 8.14. The van der Waals surface area contributed by atoms with Gasteiger partial charge in [-0.3, -0.25) is 4.79 Å². The van der Waals surface area contributed by atoms with E-state index in [1.54, 1.807) is 0 Å². The van der Waals surface area contributed by atoms with Crippen molar-refractivity contribution in [1.82, 2.24) is 10.6 Å². The van der Waals surface area contributed by atoms with Crippen molar-refractivity contribution < 1.29 is 4.79 Å². The van der Waals surface area contributed by atoms with Gasteiger partial charge in [-0.15, -0.1) is 0 Å². The van der Waals surface area contributed by atoms with Gasteiger partial charge in [0.05, 0.1) is 5.41 Å². The molecule has 24 heavy (non-hydrogen) atoms. The van der Waals surface area contributed by atoms with Crippen LogP contribution in [0.1, 0.15) is 44.1 Å². The molecule has 4 heteroatoms. The molecule has 1 amide bonds. The predicted molar refractivity (Wildman–Crippen MR) is 99.5 cm³/mol. The molecule has 0 atom stereocenters. The van der Waals surface area contributed by atoms with Crippen LogP contribution >= 0.6 is 12.2 Å². The Balaban J connectivity index is 1.29. The first-order chi connectivity index (χ1) is 11.6. The molecule has 0 saturated heterocycles. The summed E-state index contributed by atoms with van der Waals surface area (Å²) in [4.78, 5) is 12.9.